The number of nitriles is 1. The third kappa shape index (κ3) is 4.16. The number of aromatic nitrogens is 1. The Labute approximate surface area is 158 Å². The molecule has 3 rings (SSSR count). The lowest BCUT2D eigenvalue weighted by Gasteiger charge is -2.03. The Morgan fingerprint density at radius 1 is 1.33 bits per heavy atom. The molecule has 3 aromatic rings. The third-order valence-corrected chi connectivity index (χ3v) is 4.61. The van der Waals surface area contributed by atoms with Gasteiger partial charge < -0.3 is 5.32 Å². The van der Waals surface area contributed by atoms with Gasteiger partial charge in [0.1, 0.15) is 28.2 Å². The molecule has 134 valence electrons. The minimum Gasteiger partial charge on any atom is -0.355 e. The van der Waals surface area contributed by atoms with E-state index in [4.69, 9.17) is 0 Å². The Morgan fingerprint density at radius 3 is 2.74 bits per heavy atom. The van der Waals surface area contributed by atoms with Crippen LogP contribution in [-0.4, -0.2) is 9.91 Å². The normalized spacial score (nSPS) is 11.1. The first-order valence-electron chi connectivity index (χ1n) is 7.81. The lowest BCUT2D eigenvalue weighted by molar-refractivity contribution is -0.384. The lowest BCUT2D eigenvalue weighted by atomic mass is 10.1. The molecular formula is C19H13FN4O2S. The fraction of sp³-hybridized carbons (Fsp3) is 0.0526. The summed E-state index contributed by atoms with van der Waals surface area (Å²) in [6.07, 6.45) is 1.33. The molecule has 0 amide bonds. The van der Waals surface area contributed by atoms with Gasteiger partial charge in [0.2, 0.25) is 0 Å². The first-order valence-corrected chi connectivity index (χ1v) is 8.69. The number of thiazole rings is 1. The van der Waals surface area contributed by atoms with Crippen LogP contribution in [0, 0.1) is 34.2 Å². The molecule has 2 aromatic carbocycles. The Kier molecular flexibility index (Phi) is 5.24. The Balaban J connectivity index is 1.87. The SMILES string of the molecule is Cc1ccc(-c2csc(/C(C#N)=C\Nc3ccc(F)cc3[N+](=O)[O-])n2)cc1. The number of nitro benzene ring substituents is 1. The van der Waals surface area contributed by atoms with Crippen LogP contribution in [0.5, 0.6) is 0 Å². The topological polar surface area (TPSA) is 91.8 Å². The number of halogens is 1. The number of hydrogen-bond donors (Lipinski definition) is 1. The van der Waals surface area contributed by atoms with Gasteiger partial charge in [-0.3, -0.25) is 10.1 Å². The van der Waals surface area contributed by atoms with E-state index < -0.39 is 16.4 Å². The van der Waals surface area contributed by atoms with Gasteiger partial charge in [-0.2, -0.15) is 5.26 Å². The Morgan fingerprint density at radius 2 is 2.07 bits per heavy atom. The van der Waals surface area contributed by atoms with Crippen LogP contribution in [0.25, 0.3) is 16.8 Å². The van der Waals surface area contributed by atoms with Crippen LogP contribution in [0.1, 0.15) is 10.6 Å². The van der Waals surface area contributed by atoms with Crippen LogP contribution in [0.4, 0.5) is 15.8 Å². The van der Waals surface area contributed by atoms with Crippen molar-refractivity contribution in [2.75, 3.05) is 5.32 Å². The van der Waals surface area contributed by atoms with Gasteiger partial charge in [0.15, 0.2) is 0 Å². The fourth-order valence-corrected chi connectivity index (χ4v) is 3.12. The van der Waals surface area contributed by atoms with Gasteiger partial charge in [0.25, 0.3) is 5.69 Å². The highest BCUT2D eigenvalue weighted by molar-refractivity contribution is 7.11. The van der Waals surface area contributed by atoms with E-state index in [9.17, 15) is 19.8 Å². The van der Waals surface area contributed by atoms with Gasteiger partial charge in [-0.15, -0.1) is 11.3 Å². The average molecular weight is 380 g/mol. The number of benzene rings is 2. The molecule has 0 unspecified atom stereocenters. The Bertz CT molecular complexity index is 1070. The van der Waals surface area contributed by atoms with Crippen LogP contribution in [0.15, 0.2) is 54.0 Å². The molecule has 0 atom stereocenters. The summed E-state index contributed by atoms with van der Waals surface area (Å²) in [7, 11) is 0. The van der Waals surface area contributed by atoms with Crippen LogP contribution >= 0.6 is 11.3 Å². The number of nitro groups is 1. The smallest absolute Gasteiger partial charge is 0.295 e. The van der Waals surface area contributed by atoms with Gasteiger partial charge in [-0.25, -0.2) is 9.37 Å². The van der Waals surface area contributed by atoms with Crippen molar-refractivity contribution in [2.24, 2.45) is 0 Å². The highest BCUT2D eigenvalue weighted by Gasteiger charge is 2.15. The number of anilines is 1. The second kappa shape index (κ2) is 7.76. The molecule has 6 nitrogen and oxygen atoms in total. The number of aryl methyl sites for hydroxylation is 1. The minimum absolute atomic E-state index is 0.0875. The molecule has 1 N–H and O–H groups in total. The van der Waals surface area contributed by atoms with Crippen LogP contribution in [0.2, 0.25) is 0 Å². The van der Waals surface area contributed by atoms with Crippen molar-refractivity contribution >= 4 is 28.3 Å². The van der Waals surface area contributed by atoms with Crippen molar-refractivity contribution in [1.82, 2.24) is 4.98 Å². The van der Waals surface area contributed by atoms with Crippen molar-refractivity contribution in [3.63, 3.8) is 0 Å². The van der Waals surface area contributed by atoms with Crippen molar-refractivity contribution in [3.8, 4) is 17.3 Å². The van der Waals surface area contributed by atoms with Crippen LogP contribution in [-0.2, 0) is 0 Å². The standard InChI is InChI=1S/C19H13FN4O2S/c1-12-2-4-13(5-3-12)17-11-27-19(23-17)14(9-21)10-22-16-7-6-15(20)8-18(16)24(25)26/h2-8,10-11,22H,1H3/b14-10-. The molecule has 0 saturated heterocycles. The first kappa shape index (κ1) is 18.2. The molecule has 27 heavy (non-hydrogen) atoms. The van der Waals surface area contributed by atoms with Crippen LogP contribution in [0.3, 0.4) is 0 Å². The lowest BCUT2D eigenvalue weighted by Crippen LogP contribution is -1.97. The highest BCUT2D eigenvalue weighted by Crippen LogP contribution is 2.28. The van der Waals surface area contributed by atoms with E-state index in [0.717, 1.165) is 29.0 Å². The quantitative estimate of drug-likeness (QED) is 0.376. The number of nitrogens with one attached hydrogen (secondary N) is 1. The monoisotopic (exact) mass is 380 g/mol. The van der Waals surface area contributed by atoms with E-state index in [-0.39, 0.29) is 11.3 Å². The molecule has 0 aliphatic carbocycles. The molecule has 0 bridgehead atoms. The van der Waals surface area contributed by atoms with Crippen molar-refractivity contribution in [2.45, 2.75) is 6.92 Å². The second-order valence-corrected chi connectivity index (χ2v) is 6.49. The Hall–Kier alpha value is -3.57. The predicted octanol–water partition coefficient (Wildman–Crippen LogP) is 5.14. The zero-order chi connectivity index (χ0) is 19.4. The summed E-state index contributed by atoms with van der Waals surface area (Å²) in [5, 5.41) is 25.5. The summed E-state index contributed by atoms with van der Waals surface area (Å²) in [6, 6.07) is 13.1. The van der Waals surface area contributed by atoms with Gasteiger partial charge in [0.05, 0.1) is 16.7 Å². The van der Waals surface area contributed by atoms with Gasteiger partial charge in [-0.1, -0.05) is 29.8 Å². The largest absolute Gasteiger partial charge is 0.355 e. The molecule has 0 radical (unpaired) electrons. The second-order valence-electron chi connectivity index (χ2n) is 5.64. The third-order valence-electron chi connectivity index (χ3n) is 3.73. The molecule has 0 spiro atoms. The number of rotatable bonds is 5. The van der Waals surface area contributed by atoms with E-state index in [2.05, 4.69) is 10.3 Å². The fourth-order valence-electron chi connectivity index (χ4n) is 2.32. The predicted molar refractivity (Wildman–Crippen MR) is 103 cm³/mol. The maximum atomic E-state index is 13.2. The summed E-state index contributed by atoms with van der Waals surface area (Å²) in [5.74, 6) is -0.709. The number of nitrogens with zero attached hydrogens (tertiary/aromatic N) is 3. The van der Waals surface area contributed by atoms with E-state index in [1.165, 1.54) is 23.6 Å². The maximum absolute atomic E-state index is 13.2. The summed E-state index contributed by atoms with van der Waals surface area (Å²) < 4.78 is 13.2. The molecule has 8 heteroatoms. The average Bonchev–Trinajstić information content (AvgIpc) is 3.13. The van der Waals surface area contributed by atoms with E-state index in [0.29, 0.717) is 5.01 Å². The zero-order valence-corrected chi connectivity index (χ0v) is 15.0. The van der Waals surface area contributed by atoms with Crippen molar-refractivity contribution < 1.29 is 9.31 Å². The molecular weight excluding hydrogens is 367 g/mol. The van der Waals surface area contributed by atoms with Crippen molar-refractivity contribution in [3.05, 3.63) is 80.5 Å². The molecule has 1 heterocycles. The van der Waals surface area contributed by atoms with E-state index >= 15 is 0 Å². The van der Waals surface area contributed by atoms with Gasteiger partial charge >= 0.3 is 0 Å². The summed E-state index contributed by atoms with van der Waals surface area (Å²) in [4.78, 5) is 14.8. The molecule has 0 aliphatic rings. The zero-order valence-electron chi connectivity index (χ0n) is 14.1. The van der Waals surface area contributed by atoms with Crippen LogP contribution < -0.4 is 5.32 Å². The van der Waals surface area contributed by atoms with E-state index in [1.54, 1.807) is 0 Å². The number of allylic oxidation sites excluding steroid dienone is 1. The summed E-state index contributed by atoms with van der Waals surface area (Å²) in [5.41, 5.74) is 2.70. The molecule has 0 fully saturated rings. The summed E-state index contributed by atoms with van der Waals surface area (Å²) >= 11 is 1.29. The van der Waals surface area contributed by atoms with E-state index in [1.807, 2.05) is 42.6 Å². The van der Waals surface area contributed by atoms with Crippen molar-refractivity contribution in [1.29, 1.82) is 5.26 Å². The molecule has 0 aliphatic heterocycles. The highest BCUT2D eigenvalue weighted by atomic mass is 32.1. The minimum atomic E-state index is -0.709. The number of hydrogen-bond acceptors (Lipinski definition) is 6. The van der Waals surface area contributed by atoms with Gasteiger partial charge in [-0.05, 0) is 19.1 Å². The summed E-state index contributed by atoms with van der Waals surface area (Å²) in [6.45, 7) is 1.99. The molecule has 0 saturated carbocycles. The van der Waals surface area contributed by atoms with Gasteiger partial charge in [0, 0.05) is 17.1 Å². The molecule has 1 aromatic heterocycles. The maximum Gasteiger partial charge on any atom is 0.295 e. The first-order chi connectivity index (χ1) is 13.0.